The molecule has 0 saturated carbocycles. The van der Waals surface area contributed by atoms with Crippen LogP contribution < -0.4 is 10.1 Å². The molecule has 5 nitrogen and oxygen atoms in total. The highest BCUT2D eigenvalue weighted by molar-refractivity contribution is 5.57. The van der Waals surface area contributed by atoms with E-state index in [0.717, 1.165) is 0 Å². The maximum Gasteiger partial charge on any atom is 0.275 e. The summed E-state index contributed by atoms with van der Waals surface area (Å²) in [5.74, 6) is 0.484. The van der Waals surface area contributed by atoms with Gasteiger partial charge in [0, 0.05) is 23.9 Å². The Morgan fingerprint density at radius 1 is 1.39 bits per heavy atom. The Hall–Kier alpha value is -2.04. The van der Waals surface area contributed by atoms with E-state index in [-0.39, 0.29) is 17.8 Å². The average Bonchev–Trinajstić information content (AvgIpc) is 2.27. The third-order valence-electron chi connectivity index (χ3n) is 2.22. The van der Waals surface area contributed by atoms with Gasteiger partial charge in [-0.05, 0) is 20.8 Å². The molecule has 1 rings (SSSR count). The predicted octanol–water partition coefficient (Wildman–Crippen LogP) is 3.37. The summed E-state index contributed by atoms with van der Waals surface area (Å²) in [4.78, 5) is 10.4. The van der Waals surface area contributed by atoms with Gasteiger partial charge in [0.1, 0.15) is 5.75 Å². The van der Waals surface area contributed by atoms with Gasteiger partial charge in [0.2, 0.25) is 0 Å². The molecule has 5 heteroatoms. The quantitative estimate of drug-likeness (QED) is 0.477. The monoisotopic (exact) mass is 250 g/mol. The maximum atomic E-state index is 10.8. The summed E-state index contributed by atoms with van der Waals surface area (Å²) in [6.07, 6.45) is 1.69. The first-order chi connectivity index (χ1) is 8.42. The lowest BCUT2D eigenvalue weighted by Gasteiger charge is -2.14. The third-order valence-corrected chi connectivity index (χ3v) is 2.22. The van der Waals surface area contributed by atoms with Crippen LogP contribution in [0.5, 0.6) is 5.75 Å². The van der Waals surface area contributed by atoms with Crippen LogP contribution in [-0.4, -0.2) is 17.1 Å². The number of rotatable bonds is 6. The molecule has 0 aromatic heterocycles. The summed E-state index contributed by atoms with van der Waals surface area (Å²) in [5, 5.41) is 13.9. The topological polar surface area (TPSA) is 64.4 Å². The number of nitro benzene ring substituents is 1. The Morgan fingerprint density at radius 3 is 2.56 bits per heavy atom. The molecule has 1 aromatic carbocycles. The fraction of sp³-hybridized carbons (Fsp3) is 0.385. The summed E-state index contributed by atoms with van der Waals surface area (Å²) in [6, 6.07) is 4.67. The van der Waals surface area contributed by atoms with E-state index in [1.807, 2.05) is 20.8 Å². The first-order valence-corrected chi connectivity index (χ1v) is 5.77. The van der Waals surface area contributed by atoms with Gasteiger partial charge in [-0.3, -0.25) is 10.1 Å². The molecule has 0 aliphatic heterocycles. The highest BCUT2D eigenvalue weighted by atomic mass is 16.6. The van der Waals surface area contributed by atoms with E-state index in [4.69, 9.17) is 4.74 Å². The largest absolute Gasteiger partial charge is 0.491 e. The molecule has 18 heavy (non-hydrogen) atoms. The van der Waals surface area contributed by atoms with Crippen LogP contribution in [0.25, 0.3) is 0 Å². The Morgan fingerprint density at radius 2 is 2.06 bits per heavy atom. The molecule has 0 amide bonds. The van der Waals surface area contributed by atoms with E-state index in [1.165, 1.54) is 12.1 Å². The molecule has 1 aromatic rings. The van der Waals surface area contributed by atoms with Gasteiger partial charge in [0.05, 0.1) is 17.1 Å². The van der Waals surface area contributed by atoms with E-state index in [2.05, 4.69) is 11.9 Å². The lowest BCUT2D eigenvalue weighted by atomic mass is 10.2. The molecule has 0 bridgehead atoms. The molecule has 0 aliphatic rings. The van der Waals surface area contributed by atoms with Gasteiger partial charge in [0.25, 0.3) is 5.69 Å². The lowest BCUT2D eigenvalue weighted by Crippen LogP contribution is -2.12. The smallest absolute Gasteiger partial charge is 0.275 e. The fourth-order valence-electron chi connectivity index (χ4n) is 1.43. The van der Waals surface area contributed by atoms with Crippen molar-refractivity contribution in [1.29, 1.82) is 0 Å². The number of non-ortho nitro benzene ring substituents is 1. The number of ether oxygens (including phenoxy) is 1. The molecule has 0 radical (unpaired) electrons. The molecule has 1 atom stereocenters. The zero-order chi connectivity index (χ0) is 13.7. The molecule has 0 aliphatic carbocycles. The highest BCUT2D eigenvalue weighted by Crippen LogP contribution is 2.27. The van der Waals surface area contributed by atoms with Crippen LogP contribution in [0.4, 0.5) is 11.4 Å². The van der Waals surface area contributed by atoms with Crippen molar-refractivity contribution in [2.24, 2.45) is 0 Å². The van der Waals surface area contributed by atoms with Crippen molar-refractivity contribution in [3.63, 3.8) is 0 Å². The maximum absolute atomic E-state index is 10.8. The van der Waals surface area contributed by atoms with Gasteiger partial charge in [-0.2, -0.15) is 0 Å². The Kier molecular flexibility index (Phi) is 4.71. The summed E-state index contributed by atoms with van der Waals surface area (Å²) < 4.78 is 5.49. The second-order valence-corrected chi connectivity index (χ2v) is 4.31. The van der Waals surface area contributed by atoms with Crippen LogP contribution in [0.2, 0.25) is 0 Å². The average molecular weight is 250 g/mol. The Labute approximate surface area is 107 Å². The van der Waals surface area contributed by atoms with Crippen molar-refractivity contribution in [3.8, 4) is 5.75 Å². The molecule has 0 heterocycles. The van der Waals surface area contributed by atoms with E-state index in [9.17, 15) is 10.1 Å². The number of hydrogen-bond donors (Lipinski definition) is 1. The van der Waals surface area contributed by atoms with Gasteiger partial charge in [0.15, 0.2) is 0 Å². The number of anilines is 1. The minimum Gasteiger partial charge on any atom is -0.491 e. The molecular weight excluding hydrogens is 232 g/mol. The number of benzene rings is 1. The first-order valence-electron chi connectivity index (χ1n) is 5.77. The molecule has 0 spiro atoms. The minimum atomic E-state index is -0.434. The van der Waals surface area contributed by atoms with Gasteiger partial charge < -0.3 is 10.1 Å². The standard InChI is InChI=1S/C13H18N2O3/c1-5-10(4)14-11-6-12(15(16)17)8-13(7-11)18-9(2)3/h5-10,14H,1H2,2-4H3. The molecule has 0 saturated heterocycles. The lowest BCUT2D eigenvalue weighted by molar-refractivity contribution is -0.384. The Balaban J connectivity index is 3.05. The van der Waals surface area contributed by atoms with E-state index >= 15 is 0 Å². The SMILES string of the molecule is C=CC(C)Nc1cc(OC(C)C)cc([N+](=O)[O-])c1. The van der Waals surface area contributed by atoms with Gasteiger partial charge in [-0.15, -0.1) is 6.58 Å². The van der Waals surface area contributed by atoms with Crippen molar-refractivity contribution >= 4 is 11.4 Å². The van der Waals surface area contributed by atoms with E-state index in [1.54, 1.807) is 12.1 Å². The van der Waals surface area contributed by atoms with Crippen LogP contribution in [0, 0.1) is 10.1 Å². The third kappa shape index (κ3) is 4.08. The van der Waals surface area contributed by atoms with Crippen LogP contribution in [0.15, 0.2) is 30.9 Å². The van der Waals surface area contributed by atoms with E-state index < -0.39 is 4.92 Å². The number of nitrogens with one attached hydrogen (secondary N) is 1. The minimum absolute atomic E-state index is 0.00640. The normalized spacial score (nSPS) is 12.0. The van der Waals surface area contributed by atoms with Crippen molar-refractivity contribution in [2.45, 2.75) is 32.9 Å². The van der Waals surface area contributed by atoms with Crippen molar-refractivity contribution in [1.82, 2.24) is 0 Å². The molecule has 98 valence electrons. The van der Waals surface area contributed by atoms with Crippen molar-refractivity contribution in [2.75, 3.05) is 5.32 Å². The molecule has 1 unspecified atom stereocenters. The molecule has 0 fully saturated rings. The number of nitrogens with zero attached hydrogens (tertiary/aromatic N) is 1. The molecule has 1 N–H and O–H groups in total. The summed E-state index contributed by atoms with van der Waals surface area (Å²) in [7, 11) is 0. The summed E-state index contributed by atoms with van der Waals surface area (Å²) in [6.45, 7) is 9.32. The fourth-order valence-corrected chi connectivity index (χ4v) is 1.43. The van der Waals surface area contributed by atoms with Crippen LogP contribution >= 0.6 is 0 Å². The highest BCUT2D eigenvalue weighted by Gasteiger charge is 2.12. The van der Waals surface area contributed by atoms with Crippen LogP contribution in [-0.2, 0) is 0 Å². The van der Waals surface area contributed by atoms with E-state index in [0.29, 0.717) is 11.4 Å². The predicted molar refractivity (Wildman–Crippen MR) is 72.1 cm³/mol. The van der Waals surface area contributed by atoms with Crippen molar-refractivity contribution in [3.05, 3.63) is 41.0 Å². The second-order valence-electron chi connectivity index (χ2n) is 4.31. The second kappa shape index (κ2) is 6.05. The summed E-state index contributed by atoms with van der Waals surface area (Å²) >= 11 is 0. The summed E-state index contributed by atoms with van der Waals surface area (Å²) in [5.41, 5.74) is 0.652. The zero-order valence-corrected chi connectivity index (χ0v) is 10.8. The van der Waals surface area contributed by atoms with Gasteiger partial charge in [-0.25, -0.2) is 0 Å². The number of nitro groups is 1. The Bertz CT molecular complexity index is 444. The first kappa shape index (κ1) is 14.0. The van der Waals surface area contributed by atoms with Gasteiger partial charge >= 0.3 is 0 Å². The molecular formula is C13H18N2O3. The van der Waals surface area contributed by atoms with Crippen LogP contribution in [0.1, 0.15) is 20.8 Å². The zero-order valence-electron chi connectivity index (χ0n) is 10.8. The van der Waals surface area contributed by atoms with Crippen molar-refractivity contribution < 1.29 is 9.66 Å². The number of hydrogen-bond acceptors (Lipinski definition) is 4. The van der Waals surface area contributed by atoms with Gasteiger partial charge in [-0.1, -0.05) is 6.08 Å². The van der Waals surface area contributed by atoms with Crippen LogP contribution in [0.3, 0.4) is 0 Å².